The van der Waals surface area contributed by atoms with Crippen molar-refractivity contribution in [1.82, 2.24) is 5.32 Å². The Labute approximate surface area is 101 Å². The number of nitrogens with one attached hydrogen (secondary N) is 1. The van der Waals surface area contributed by atoms with Crippen molar-refractivity contribution < 1.29 is 4.74 Å². The van der Waals surface area contributed by atoms with E-state index < -0.39 is 0 Å². The Morgan fingerprint density at radius 1 is 1.25 bits per heavy atom. The molecule has 16 heavy (non-hydrogen) atoms. The van der Waals surface area contributed by atoms with Crippen molar-refractivity contribution in [2.45, 2.75) is 71.9 Å². The summed E-state index contributed by atoms with van der Waals surface area (Å²) in [7, 11) is 0. The molecule has 0 saturated carbocycles. The molecule has 96 valence electrons. The summed E-state index contributed by atoms with van der Waals surface area (Å²) in [5.74, 6) is 0. The Morgan fingerprint density at radius 3 is 2.38 bits per heavy atom. The van der Waals surface area contributed by atoms with Crippen molar-refractivity contribution in [3.05, 3.63) is 0 Å². The highest BCUT2D eigenvalue weighted by Crippen LogP contribution is 2.31. The van der Waals surface area contributed by atoms with E-state index >= 15 is 0 Å². The van der Waals surface area contributed by atoms with Crippen molar-refractivity contribution in [3.63, 3.8) is 0 Å². The maximum absolute atomic E-state index is 5.75. The molecule has 1 aliphatic rings. The molecule has 0 aliphatic carbocycles. The van der Waals surface area contributed by atoms with Crippen LogP contribution in [-0.2, 0) is 4.74 Å². The maximum atomic E-state index is 5.75. The van der Waals surface area contributed by atoms with Crippen LogP contribution < -0.4 is 5.32 Å². The summed E-state index contributed by atoms with van der Waals surface area (Å²) in [5.41, 5.74) is 0.593. The average Bonchev–Trinajstić information content (AvgIpc) is 2.66. The summed E-state index contributed by atoms with van der Waals surface area (Å²) in [6.45, 7) is 13.4. The minimum absolute atomic E-state index is 0.215. The zero-order valence-corrected chi connectivity index (χ0v) is 11.7. The Hall–Kier alpha value is -0.0800. The first-order valence-electron chi connectivity index (χ1n) is 6.71. The predicted molar refractivity (Wildman–Crippen MR) is 69.7 cm³/mol. The fourth-order valence-electron chi connectivity index (χ4n) is 2.18. The molecule has 2 nitrogen and oxygen atoms in total. The van der Waals surface area contributed by atoms with Gasteiger partial charge in [-0.1, -0.05) is 13.8 Å². The third kappa shape index (κ3) is 4.84. The van der Waals surface area contributed by atoms with Crippen molar-refractivity contribution >= 4 is 0 Å². The van der Waals surface area contributed by atoms with Crippen molar-refractivity contribution in [2.24, 2.45) is 5.41 Å². The minimum atomic E-state index is 0.215. The molecule has 0 radical (unpaired) electrons. The lowest BCUT2D eigenvalue weighted by molar-refractivity contribution is 0.0621. The molecule has 2 heteroatoms. The van der Waals surface area contributed by atoms with Crippen LogP contribution in [0.2, 0.25) is 0 Å². The summed E-state index contributed by atoms with van der Waals surface area (Å²) >= 11 is 0. The van der Waals surface area contributed by atoms with Gasteiger partial charge in [-0.2, -0.15) is 0 Å². The number of ether oxygens (including phenoxy) is 1. The van der Waals surface area contributed by atoms with Crippen molar-refractivity contribution in [2.75, 3.05) is 13.2 Å². The van der Waals surface area contributed by atoms with Gasteiger partial charge in [-0.05, 0) is 51.9 Å². The van der Waals surface area contributed by atoms with E-state index in [0.29, 0.717) is 11.5 Å². The Kier molecular flexibility index (Phi) is 4.81. The molecule has 2 atom stereocenters. The van der Waals surface area contributed by atoms with Gasteiger partial charge in [-0.15, -0.1) is 0 Å². The standard InChI is InChI=1S/C14H29NO/c1-6-14(5,11-15-13(2,3)4)10-12-8-7-9-16-12/h12,15H,6-11H2,1-5H3. The molecule has 1 aliphatic heterocycles. The molecule has 0 bridgehead atoms. The summed E-state index contributed by atoms with van der Waals surface area (Å²) in [4.78, 5) is 0. The summed E-state index contributed by atoms with van der Waals surface area (Å²) < 4.78 is 5.75. The van der Waals surface area contributed by atoms with Crippen LogP contribution in [0.15, 0.2) is 0 Å². The van der Waals surface area contributed by atoms with Gasteiger partial charge in [0.1, 0.15) is 0 Å². The van der Waals surface area contributed by atoms with Gasteiger partial charge in [-0.3, -0.25) is 0 Å². The quantitative estimate of drug-likeness (QED) is 0.777. The van der Waals surface area contributed by atoms with E-state index in [2.05, 4.69) is 39.9 Å². The monoisotopic (exact) mass is 227 g/mol. The third-order valence-electron chi connectivity index (χ3n) is 3.64. The highest BCUT2D eigenvalue weighted by atomic mass is 16.5. The first-order valence-corrected chi connectivity index (χ1v) is 6.71. The van der Waals surface area contributed by atoms with Gasteiger partial charge < -0.3 is 10.1 Å². The van der Waals surface area contributed by atoms with E-state index in [1.807, 2.05) is 0 Å². The van der Waals surface area contributed by atoms with Crippen LogP contribution in [-0.4, -0.2) is 24.8 Å². The van der Waals surface area contributed by atoms with Gasteiger partial charge in [0.25, 0.3) is 0 Å². The fraction of sp³-hybridized carbons (Fsp3) is 1.00. The third-order valence-corrected chi connectivity index (χ3v) is 3.64. The highest BCUT2D eigenvalue weighted by molar-refractivity contribution is 4.84. The van der Waals surface area contributed by atoms with Gasteiger partial charge in [0, 0.05) is 18.7 Å². The Morgan fingerprint density at radius 2 is 1.94 bits per heavy atom. The molecule has 0 aromatic heterocycles. The molecule has 1 heterocycles. The number of hydrogen-bond acceptors (Lipinski definition) is 2. The lowest BCUT2D eigenvalue weighted by Crippen LogP contribution is -2.43. The van der Waals surface area contributed by atoms with E-state index in [9.17, 15) is 0 Å². The lowest BCUT2D eigenvalue weighted by Gasteiger charge is -2.34. The van der Waals surface area contributed by atoms with E-state index in [1.165, 1.54) is 25.7 Å². The molecule has 1 rings (SSSR count). The molecule has 0 spiro atoms. The van der Waals surface area contributed by atoms with Crippen LogP contribution in [0, 0.1) is 5.41 Å². The van der Waals surface area contributed by atoms with E-state index in [-0.39, 0.29) is 5.54 Å². The van der Waals surface area contributed by atoms with Crippen LogP contribution in [0.25, 0.3) is 0 Å². The van der Waals surface area contributed by atoms with Crippen molar-refractivity contribution in [1.29, 1.82) is 0 Å². The van der Waals surface area contributed by atoms with Gasteiger partial charge in [0.05, 0.1) is 6.10 Å². The Bertz CT molecular complexity index is 203. The van der Waals surface area contributed by atoms with Crippen LogP contribution in [0.1, 0.15) is 60.3 Å². The SMILES string of the molecule is CCC(C)(CNC(C)(C)C)CC1CCCO1. The Balaban J connectivity index is 2.42. The minimum Gasteiger partial charge on any atom is -0.378 e. The van der Waals surface area contributed by atoms with Gasteiger partial charge in [0.2, 0.25) is 0 Å². The smallest absolute Gasteiger partial charge is 0.0581 e. The zero-order chi connectivity index (χ0) is 12.2. The molecule has 0 aromatic rings. The van der Waals surface area contributed by atoms with Gasteiger partial charge >= 0.3 is 0 Å². The molecule has 0 aromatic carbocycles. The second-order valence-corrected chi connectivity index (χ2v) is 6.61. The first-order chi connectivity index (χ1) is 7.35. The molecule has 2 unspecified atom stereocenters. The predicted octanol–water partition coefficient (Wildman–Crippen LogP) is 3.36. The molecule has 1 saturated heterocycles. The molecule has 1 N–H and O–H groups in total. The summed E-state index contributed by atoms with van der Waals surface area (Å²) in [6, 6.07) is 0. The molecule has 0 amide bonds. The fourth-order valence-corrected chi connectivity index (χ4v) is 2.18. The second kappa shape index (κ2) is 5.50. The van der Waals surface area contributed by atoms with Crippen LogP contribution in [0.5, 0.6) is 0 Å². The van der Waals surface area contributed by atoms with E-state index in [0.717, 1.165) is 13.2 Å². The first kappa shape index (κ1) is 14.0. The summed E-state index contributed by atoms with van der Waals surface area (Å²) in [5, 5.41) is 3.63. The van der Waals surface area contributed by atoms with Crippen LogP contribution >= 0.6 is 0 Å². The van der Waals surface area contributed by atoms with Crippen molar-refractivity contribution in [3.8, 4) is 0 Å². The topological polar surface area (TPSA) is 21.3 Å². The normalized spacial score (nSPS) is 25.7. The second-order valence-electron chi connectivity index (χ2n) is 6.61. The molecular weight excluding hydrogens is 198 g/mol. The largest absolute Gasteiger partial charge is 0.378 e. The lowest BCUT2D eigenvalue weighted by atomic mass is 9.80. The van der Waals surface area contributed by atoms with Gasteiger partial charge in [-0.25, -0.2) is 0 Å². The molecular formula is C14H29NO. The van der Waals surface area contributed by atoms with E-state index in [4.69, 9.17) is 4.74 Å². The maximum Gasteiger partial charge on any atom is 0.0581 e. The number of hydrogen-bond donors (Lipinski definition) is 1. The zero-order valence-electron chi connectivity index (χ0n) is 11.7. The molecule has 1 fully saturated rings. The highest BCUT2D eigenvalue weighted by Gasteiger charge is 2.29. The summed E-state index contributed by atoms with van der Waals surface area (Å²) in [6.07, 6.45) is 5.43. The van der Waals surface area contributed by atoms with Crippen LogP contribution in [0.3, 0.4) is 0 Å². The number of rotatable bonds is 5. The van der Waals surface area contributed by atoms with Gasteiger partial charge in [0.15, 0.2) is 0 Å². The van der Waals surface area contributed by atoms with E-state index in [1.54, 1.807) is 0 Å². The van der Waals surface area contributed by atoms with Crippen LogP contribution in [0.4, 0.5) is 0 Å². The average molecular weight is 227 g/mol.